The van der Waals surface area contributed by atoms with Gasteiger partial charge in [0.15, 0.2) is 17.6 Å². The van der Waals surface area contributed by atoms with Gasteiger partial charge in [0.25, 0.3) is 5.91 Å². The lowest BCUT2D eigenvalue weighted by Crippen LogP contribution is -2.35. The van der Waals surface area contributed by atoms with Gasteiger partial charge >= 0.3 is 0 Å². The van der Waals surface area contributed by atoms with E-state index in [-0.39, 0.29) is 5.91 Å². The molecule has 1 heterocycles. The van der Waals surface area contributed by atoms with Crippen LogP contribution in [0.4, 0.5) is 0 Å². The summed E-state index contributed by atoms with van der Waals surface area (Å²) < 4.78 is 16.6. The van der Waals surface area contributed by atoms with E-state index in [0.29, 0.717) is 25.5 Å². The van der Waals surface area contributed by atoms with Crippen molar-refractivity contribution in [2.75, 3.05) is 13.2 Å². The Balaban J connectivity index is 1.54. The van der Waals surface area contributed by atoms with E-state index in [1.54, 1.807) is 6.92 Å². The zero-order valence-corrected chi connectivity index (χ0v) is 13.0. The molecular formula is C18H19NO4. The number of ether oxygens (including phenoxy) is 3. The van der Waals surface area contributed by atoms with E-state index in [0.717, 1.165) is 17.1 Å². The van der Waals surface area contributed by atoms with Crippen LogP contribution < -0.4 is 19.5 Å². The van der Waals surface area contributed by atoms with Crippen molar-refractivity contribution in [2.45, 2.75) is 19.6 Å². The average molecular weight is 313 g/mol. The zero-order chi connectivity index (χ0) is 16.1. The quantitative estimate of drug-likeness (QED) is 0.921. The van der Waals surface area contributed by atoms with Gasteiger partial charge in [-0.1, -0.05) is 24.3 Å². The van der Waals surface area contributed by atoms with Crippen molar-refractivity contribution in [1.29, 1.82) is 0 Å². The molecule has 0 radical (unpaired) electrons. The Morgan fingerprint density at radius 3 is 2.65 bits per heavy atom. The number of benzene rings is 2. The summed E-state index contributed by atoms with van der Waals surface area (Å²) in [5, 5.41) is 2.87. The second-order valence-corrected chi connectivity index (χ2v) is 5.27. The Bertz CT molecular complexity index is 672. The first-order valence-electron chi connectivity index (χ1n) is 7.60. The molecule has 23 heavy (non-hydrogen) atoms. The van der Waals surface area contributed by atoms with Crippen LogP contribution in [0.3, 0.4) is 0 Å². The molecule has 1 aliphatic heterocycles. The summed E-state index contributed by atoms with van der Waals surface area (Å²) >= 11 is 0. The second-order valence-electron chi connectivity index (χ2n) is 5.27. The summed E-state index contributed by atoms with van der Waals surface area (Å²) in [5.41, 5.74) is 0.953. The molecule has 3 rings (SSSR count). The predicted octanol–water partition coefficient (Wildman–Crippen LogP) is 2.54. The molecule has 2 aromatic carbocycles. The van der Waals surface area contributed by atoms with Gasteiger partial charge in [0.05, 0.1) is 0 Å². The van der Waals surface area contributed by atoms with E-state index in [1.807, 2.05) is 48.5 Å². The minimum absolute atomic E-state index is 0.163. The third-order valence-corrected chi connectivity index (χ3v) is 3.50. The standard InChI is InChI=1S/C18H19NO4/c1-13(23-15-5-3-2-4-6-15)18(20)19-12-14-7-8-16-17(11-14)22-10-9-21-16/h2-8,11,13H,9-10,12H2,1H3,(H,19,20). The molecule has 120 valence electrons. The molecular weight excluding hydrogens is 294 g/mol. The molecule has 1 amide bonds. The number of amides is 1. The molecule has 1 unspecified atom stereocenters. The van der Waals surface area contributed by atoms with Crippen molar-refractivity contribution in [3.8, 4) is 17.2 Å². The van der Waals surface area contributed by atoms with Crippen LogP contribution in [-0.2, 0) is 11.3 Å². The molecule has 0 fully saturated rings. The molecule has 1 N–H and O–H groups in total. The average Bonchev–Trinajstić information content (AvgIpc) is 2.60. The fourth-order valence-corrected chi connectivity index (χ4v) is 2.29. The molecule has 5 heteroatoms. The van der Waals surface area contributed by atoms with Gasteiger partial charge in [-0.2, -0.15) is 0 Å². The van der Waals surface area contributed by atoms with Crippen LogP contribution in [0.1, 0.15) is 12.5 Å². The van der Waals surface area contributed by atoms with Crippen molar-refractivity contribution in [3.05, 3.63) is 54.1 Å². The number of fused-ring (bicyclic) bond motifs is 1. The van der Waals surface area contributed by atoms with Crippen LogP contribution in [0.15, 0.2) is 48.5 Å². The first-order valence-corrected chi connectivity index (χ1v) is 7.60. The molecule has 0 bridgehead atoms. The summed E-state index contributed by atoms with van der Waals surface area (Å²) in [7, 11) is 0. The number of carbonyl (C=O) groups excluding carboxylic acids is 1. The van der Waals surface area contributed by atoms with Gasteiger partial charge in [-0.15, -0.1) is 0 Å². The Labute approximate surface area is 135 Å². The molecule has 2 aromatic rings. The summed E-state index contributed by atoms with van der Waals surface area (Å²) in [5.74, 6) is 1.97. The van der Waals surface area contributed by atoms with Gasteiger partial charge in [0.2, 0.25) is 0 Å². The molecule has 0 saturated carbocycles. The van der Waals surface area contributed by atoms with Gasteiger partial charge in [-0.3, -0.25) is 4.79 Å². The Kier molecular flexibility index (Phi) is 4.66. The Morgan fingerprint density at radius 2 is 1.87 bits per heavy atom. The Morgan fingerprint density at radius 1 is 1.13 bits per heavy atom. The van der Waals surface area contributed by atoms with E-state index in [2.05, 4.69) is 5.32 Å². The molecule has 5 nitrogen and oxygen atoms in total. The summed E-state index contributed by atoms with van der Waals surface area (Å²) in [6.07, 6.45) is -0.561. The van der Waals surface area contributed by atoms with E-state index in [9.17, 15) is 4.79 Å². The fraction of sp³-hybridized carbons (Fsp3) is 0.278. The predicted molar refractivity (Wildman–Crippen MR) is 85.8 cm³/mol. The van der Waals surface area contributed by atoms with Crippen LogP contribution in [-0.4, -0.2) is 25.2 Å². The molecule has 0 aromatic heterocycles. The lowest BCUT2D eigenvalue weighted by atomic mass is 10.2. The zero-order valence-electron chi connectivity index (χ0n) is 13.0. The molecule has 1 aliphatic rings. The van der Waals surface area contributed by atoms with Gasteiger partial charge in [-0.25, -0.2) is 0 Å². The SMILES string of the molecule is CC(Oc1ccccc1)C(=O)NCc1ccc2c(c1)OCCO2. The normalized spacial score (nSPS) is 14.0. The number of para-hydroxylation sites is 1. The second kappa shape index (κ2) is 7.05. The summed E-state index contributed by atoms with van der Waals surface area (Å²) in [6.45, 7) is 3.26. The molecule has 0 aliphatic carbocycles. The first-order chi connectivity index (χ1) is 11.2. The van der Waals surface area contributed by atoms with E-state index in [1.165, 1.54) is 0 Å². The van der Waals surface area contributed by atoms with Crippen molar-refractivity contribution in [3.63, 3.8) is 0 Å². The Hall–Kier alpha value is -2.69. The smallest absolute Gasteiger partial charge is 0.261 e. The fourth-order valence-electron chi connectivity index (χ4n) is 2.29. The highest BCUT2D eigenvalue weighted by Crippen LogP contribution is 2.30. The van der Waals surface area contributed by atoms with Crippen LogP contribution in [0.25, 0.3) is 0 Å². The van der Waals surface area contributed by atoms with Crippen LogP contribution >= 0.6 is 0 Å². The third-order valence-electron chi connectivity index (χ3n) is 3.50. The third kappa shape index (κ3) is 3.94. The van der Waals surface area contributed by atoms with Crippen molar-refractivity contribution in [2.24, 2.45) is 0 Å². The number of hydrogen-bond donors (Lipinski definition) is 1. The van der Waals surface area contributed by atoms with Crippen molar-refractivity contribution >= 4 is 5.91 Å². The lowest BCUT2D eigenvalue weighted by Gasteiger charge is -2.19. The summed E-state index contributed by atoms with van der Waals surface area (Å²) in [4.78, 5) is 12.1. The van der Waals surface area contributed by atoms with E-state index < -0.39 is 6.10 Å². The van der Waals surface area contributed by atoms with Gasteiger partial charge in [-0.05, 0) is 36.8 Å². The highest BCUT2D eigenvalue weighted by molar-refractivity contribution is 5.80. The maximum atomic E-state index is 12.1. The molecule has 1 atom stereocenters. The minimum Gasteiger partial charge on any atom is -0.486 e. The van der Waals surface area contributed by atoms with Gasteiger partial charge in [0, 0.05) is 6.54 Å². The minimum atomic E-state index is -0.561. The van der Waals surface area contributed by atoms with E-state index >= 15 is 0 Å². The highest BCUT2D eigenvalue weighted by Gasteiger charge is 2.15. The monoisotopic (exact) mass is 313 g/mol. The number of nitrogens with one attached hydrogen (secondary N) is 1. The number of rotatable bonds is 5. The summed E-state index contributed by atoms with van der Waals surface area (Å²) in [6, 6.07) is 15.0. The molecule has 0 spiro atoms. The van der Waals surface area contributed by atoms with Crippen LogP contribution in [0.2, 0.25) is 0 Å². The van der Waals surface area contributed by atoms with Gasteiger partial charge < -0.3 is 19.5 Å². The first kappa shape index (κ1) is 15.2. The maximum Gasteiger partial charge on any atom is 0.261 e. The maximum absolute atomic E-state index is 12.1. The topological polar surface area (TPSA) is 56.8 Å². The molecule has 0 saturated heterocycles. The van der Waals surface area contributed by atoms with E-state index in [4.69, 9.17) is 14.2 Å². The van der Waals surface area contributed by atoms with Crippen LogP contribution in [0, 0.1) is 0 Å². The number of hydrogen-bond acceptors (Lipinski definition) is 4. The van der Waals surface area contributed by atoms with Crippen molar-refractivity contribution in [1.82, 2.24) is 5.32 Å². The highest BCUT2D eigenvalue weighted by atomic mass is 16.6. The lowest BCUT2D eigenvalue weighted by molar-refractivity contribution is -0.127. The van der Waals surface area contributed by atoms with Crippen LogP contribution in [0.5, 0.6) is 17.2 Å². The number of carbonyl (C=O) groups is 1. The van der Waals surface area contributed by atoms with Crippen molar-refractivity contribution < 1.29 is 19.0 Å². The van der Waals surface area contributed by atoms with Gasteiger partial charge in [0.1, 0.15) is 19.0 Å². The largest absolute Gasteiger partial charge is 0.486 e.